The highest BCUT2D eigenvalue weighted by molar-refractivity contribution is 5.73. The number of nitrogens with two attached hydrogens (primary N) is 1. The molecule has 0 unspecified atom stereocenters. The Hall–Kier alpha value is -0.570. The smallest absolute Gasteiger partial charge is 0.217 e. The molecule has 0 aliphatic heterocycles. The van der Waals surface area contributed by atoms with Crippen molar-refractivity contribution < 1.29 is 4.79 Å². The molecule has 0 spiro atoms. The van der Waals surface area contributed by atoms with E-state index < -0.39 is 0 Å². The average Bonchev–Trinajstić information content (AvgIpc) is 2.38. The maximum absolute atomic E-state index is 10.8. The lowest BCUT2D eigenvalue weighted by Gasteiger charge is -2.22. The van der Waals surface area contributed by atoms with Crippen LogP contribution in [0.25, 0.3) is 0 Å². The van der Waals surface area contributed by atoms with Crippen LogP contribution < -0.4 is 5.73 Å². The predicted molar refractivity (Wildman–Crippen MR) is 83.2 cm³/mol. The van der Waals surface area contributed by atoms with E-state index in [1.54, 1.807) is 0 Å². The van der Waals surface area contributed by atoms with Crippen molar-refractivity contribution >= 4 is 5.91 Å². The second kappa shape index (κ2) is 13.9. The van der Waals surface area contributed by atoms with E-state index in [0.717, 1.165) is 13.0 Å². The number of primary amides is 1. The molecule has 3 nitrogen and oxygen atoms in total. The average molecular weight is 270 g/mol. The third-order valence-electron chi connectivity index (χ3n) is 3.55. The second-order valence-corrected chi connectivity index (χ2v) is 5.53. The molecule has 19 heavy (non-hydrogen) atoms. The lowest BCUT2D eigenvalue weighted by atomic mass is 10.1. The highest BCUT2D eigenvalue weighted by Gasteiger charge is 2.05. The molecule has 0 aromatic carbocycles. The summed E-state index contributed by atoms with van der Waals surface area (Å²) in [5, 5.41) is 0. The van der Waals surface area contributed by atoms with Gasteiger partial charge in [0.15, 0.2) is 0 Å². The van der Waals surface area contributed by atoms with Crippen molar-refractivity contribution in [2.24, 2.45) is 5.73 Å². The minimum atomic E-state index is -0.170. The van der Waals surface area contributed by atoms with Crippen LogP contribution in [0.5, 0.6) is 0 Å². The summed E-state index contributed by atoms with van der Waals surface area (Å²) < 4.78 is 0. The van der Waals surface area contributed by atoms with Crippen molar-refractivity contribution in [3.05, 3.63) is 0 Å². The Morgan fingerprint density at radius 2 is 1.26 bits per heavy atom. The molecule has 0 saturated carbocycles. The Morgan fingerprint density at radius 1 is 0.789 bits per heavy atom. The van der Waals surface area contributed by atoms with Gasteiger partial charge in [-0.05, 0) is 38.9 Å². The summed E-state index contributed by atoms with van der Waals surface area (Å²) in [6, 6.07) is 0. The zero-order chi connectivity index (χ0) is 14.3. The van der Waals surface area contributed by atoms with Crippen molar-refractivity contribution in [1.29, 1.82) is 0 Å². The standard InChI is InChI=1S/C16H34N2O/c1-3-5-7-9-13-18(14-10-8-6-4-2)15-11-12-16(17)19/h3-15H2,1-2H3,(H2,17,19). The van der Waals surface area contributed by atoms with Crippen LogP contribution in [0.1, 0.15) is 78.1 Å². The van der Waals surface area contributed by atoms with Crippen molar-refractivity contribution in [3.63, 3.8) is 0 Å². The van der Waals surface area contributed by atoms with Crippen LogP contribution in [0.3, 0.4) is 0 Å². The van der Waals surface area contributed by atoms with Crippen molar-refractivity contribution in [2.75, 3.05) is 19.6 Å². The highest BCUT2D eigenvalue weighted by Crippen LogP contribution is 2.06. The number of carbonyl (C=O) groups excluding carboxylic acids is 1. The minimum absolute atomic E-state index is 0.170. The first-order valence-electron chi connectivity index (χ1n) is 8.21. The van der Waals surface area contributed by atoms with Crippen LogP contribution in [0.15, 0.2) is 0 Å². The van der Waals surface area contributed by atoms with E-state index in [2.05, 4.69) is 18.7 Å². The summed E-state index contributed by atoms with van der Waals surface area (Å²) in [6.07, 6.45) is 11.9. The number of carbonyl (C=O) groups is 1. The molecule has 0 aliphatic rings. The van der Waals surface area contributed by atoms with Gasteiger partial charge in [-0.3, -0.25) is 4.79 Å². The van der Waals surface area contributed by atoms with E-state index >= 15 is 0 Å². The van der Waals surface area contributed by atoms with E-state index in [1.165, 1.54) is 64.5 Å². The molecule has 0 bridgehead atoms. The Morgan fingerprint density at radius 3 is 1.68 bits per heavy atom. The van der Waals surface area contributed by atoms with Gasteiger partial charge in [0, 0.05) is 6.42 Å². The molecular weight excluding hydrogens is 236 g/mol. The number of hydrogen-bond donors (Lipinski definition) is 1. The number of rotatable bonds is 14. The normalized spacial score (nSPS) is 11.1. The Bertz CT molecular complexity index is 195. The number of nitrogens with zero attached hydrogens (tertiary/aromatic N) is 1. The summed E-state index contributed by atoms with van der Waals surface area (Å²) in [7, 11) is 0. The zero-order valence-corrected chi connectivity index (χ0v) is 13.1. The van der Waals surface area contributed by atoms with Gasteiger partial charge in [0.25, 0.3) is 0 Å². The van der Waals surface area contributed by atoms with Gasteiger partial charge >= 0.3 is 0 Å². The fraction of sp³-hybridized carbons (Fsp3) is 0.938. The lowest BCUT2D eigenvalue weighted by molar-refractivity contribution is -0.118. The van der Waals surface area contributed by atoms with Crippen LogP contribution in [0.2, 0.25) is 0 Å². The first-order valence-corrected chi connectivity index (χ1v) is 8.21. The summed E-state index contributed by atoms with van der Waals surface area (Å²) in [4.78, 5) is 13.3. The van der Waals surface area contributed by atoms with Gasteiger partial charge in [-0.25, -0.2) is 0 Å². The minimum Gasteiger partial charge on any atom is -0.370 e. The second-order valence-electron chi connectivity index (χ2n) is 5.53. The third kappa shape index (κ3) is 13.7. The summed E-state index contributed by atoms with van der Waals surface area (Å²) in [6.45, 7) is 7.89. The zero-order valence-electron chi connectivity index (χ0n) is 13.1. The van der Waals surface area contributed by atoms with Crippen molar-refractivity contribution in [3.8, 4) is 0 Å². The fourth-order valence-electron chi connectivity index (χ4n) is 2.34. The molecule has 0 atom stereocenters. The number of hydrogen-bond acceptors (Lipinski definition) is 2. The summed E-state index contributed by atoms with van der Waals surface area (Å²) in [5.74, 6) is -0.170. The molecule has 0 radical (unpaired) electrons. The fourth-order valence-corrected chi connectivity index (χ4v) is 2.34. The molecule has 0 aromatic heterocycles. The quantitative estimate of drug-likeness (QED) is 0.489. The van der Waals surface area contributed by atoms with Crippen LogP contribution in [0.4, 0.5) is 0 Å². The molecule has 2 N–H and O–H groups in total. The SMILES string of the molecule is CCCCCCN(CCCCCC)CCCC(N)=O. The monoisotopic (exact) mass is 270 g/mol. The van der Waals surface area contributed by atoms with E-state index in [-0.39, 0.29) is 5.91 Å². The summed E-state index contributed by atoms with van der Waals surface area (Å²) in [5.41, 5.74) is 5.20. The molecule has 0 aliphatic carbocycles. The van der Waals surface area contributed by atoms with E-state index in [0.29, 0.717) is 6.42 Å². The Kier molecular flexibility index (Phi) is 13.4. The van der Waals surface area contributed by atoms with Gasteiger partial charge in [-0.2, -0.15) is 0 Å². The third-order valence-corrected chi connectivity index (χ3v) is 3.55. The van der Waals surface area contributed by atoms with E-state index in [1.807, 2.05) is 0 Å². The molecule has 0 aromatic rings. The first kappa shape index (κ1) is 18.4. The van der Waals surface area contributed by atoms with Gasteiger partial charge in [0.2, 0.25) is 5.91 Å². The molecule has 0 saturated heterocycles. The van der Waals surface area contributed by atoms with Gasteiger partial charge < -0.3 is 10.6 Å². The highest BCUT2D eigenvalue weighted by atomic mass is 16.1. The molecule has 0 rings (SSSR count). The number of amides is 1. The summed E-state index contributed by atoms with van der Waals surface area (Å²) >= 11 is 0. The predicted octanol–water partition coefficient (Wildman–Crippen LogP) is 3.71. The number of unbranched alkanes of at least 4 members (excludes halogenated alkanes) is 6. The molecular formula is C16H34N2O. The Balaban J connectivity index is 3.75. The molecule has 114 valence electrons. The molecule has 0 fully saturated rings. The van der Waals surface area contributed by atoms with Gasteiger partial charge in [0.1, 0.15) is 0 Å². The van der Waals surface area contributed by atoms with Crippen molar-refractivity contribution in [2.45, 2.75) is 78.1 Å². The molecule has 0 heterocycles. The van der Waals surface area contributed by atoms with Gasteiger partial charge in [0.05, 0.1) is 0 Å². The van der Waals surface area contributed by atoms with Crippen molar-refractivity contribution in [1.82, 2.24) is 4.90 Å². The van der Waals surface area contributed by atoms with Crippen LogP contribution >= 0.6 is 0 Å². The Labute approximate surface area is 119 Å². The van der Waals surface area contributed by atoms with E-state index in [9.17, 15) is 4.79 Å². The maximum Gasteiger partial charge on any atom is 0.217 e. The lowest BCUT2D eigenvalue weighted by Crippen LogP contribution is -2.28. The largest absolute Gasteiger partial charge is 0.370 e. The van der Waals surface area contributed by atoms with Crippen LogP contribution in [0, 0.1) is 0 Å². The van der Waals surface area contributed by atoms with Crippen LogP contribution in [-0.4, -0.2) is 30.4 Å². The maximum atomic E-state index is 10.8. The van der Waals surface area contributed by atoms with Gasteiger partial charge in [-0.15, -0.1) is 0 Å². The van der Waals surface area contributed by atoms with Gasteiger partial charge in [-0.1, -0.05) is 52.4 Å². The molecule has 3 heteroatoms. The van der Waals surface area contributed by atoms with E-state index in [4.69, 9.17) is 5.73 Å². The topological polar surface area (TPSA) is 46.3 Å². The molecule has 1 amide bonds. The first-order chi connectivity index (χ1) is 9.20. The van der Waals surface area contributed by atoms with Crippen LogP contribution in [-0.2, 0) is 4.79 Å².